The zero-order valence-electron chi connectivity index (χ0n) is 18.5. The lowest BCUT2D eigenvalue weighted by Gasteiger charge is -2.42. The molecule has 2 aromatic rings. The van der Waals surface area contributed by atoms with Gasteiger partial charge < -0.3 is 9.80 Å². The van der Waals surface area contributed by atoms with Gasteiger partial charge in [0.25, 0.3) is 5.91 Å². The summed E-state index contributed by atoms with van der Waals surface area (Å²) in [6, 6.07) is 15.2. The molecule has 3 aliphatic rings. The second-order valence-electron chi connectivity index (χ2n) is 8.78. The maximum absolute atomic E-state index is 13.9. The number of carbonyl (C=O) groups is 2. The summed E-state index contributed by atoms with van der Waals surface area (Å²) in [7, 11) is 0. The number of carbonyl (C=O) groups excluding carboxylic acids is 2. The van der Waals surface area contributed by atoms with Crippen molar-refractivity contribution in [1.29, 1.82) is 0 Å². The second-order valence-corrected chi connectivity index (χ2v) is 9.21. The summed E-state index contributed by atoms with van der Waals surface area (Å²) in [5.41, 5.74) is 1.53. The summed E-state index contributed by atoms with van der Waals surface area (Å²) in [5.74, 6) is 0.0307. The number of benzene rings is 2. The van der Waals surface area contributed by atoms with Crippen LogP contribution in [0.2, 0.25) is 5.02 Å². The van der Waals surface area contributed by atoms with Crippen molar-refractivity contribution in [3.05, 3.63) is 70.2 Å². The van der Waals surface area contributed by atoms with Crippen molar-refractivity contribution in [3.63, 3.8) is 0 Å². The largest absolute Gasteiger partial charge is 0.309 e. The van der Waals surface area contributed by atoms with Crippen LogP contribution in [0.15, 0.2) is 48.5 Å². The van der Waals surface area contributed by atoms with Crippen LogP contribution < -0.4 is 0 Å². The highest BCUT2D eigenvalue weighted by atomic mass is 35.5. The van der Waals surface area contributed by atoms with Crippen LogP contribution in [0.4, 0.5) is 0 Å². The Hall–Kier alpha value is -2.41. The highest BCUT2D eigenvalue weighted by molar-refractivity contribution is 6.30. The molecule has 0 spiro atoms. The Bertz CT molecular complexity index is 1020. The van der Waals surface area contributed by atoms with Gasteiger partial charge in [-0.15, -0.1) is 0 Å². The van der Waals surface area contributed by atoms with Crippen LogP contribution in [0.25, 0.3) is 0 Å². The van der Waals surface area contributed by atoms with E-state index in [1.54, 1.807) is 0 Å². The molecule has 7 heteroatoms. The molecule has 0 aromatic heterocycles. The summed E-state index contributed by atoms with van der Waals surface area (Å²) < 4.78 is 0. The highest BCUT2D eigenvalue weighted by Crippen LogP contribution is 2.49. The van der Waals surface area contributed by atoms with Crippen molar-refractivity contribution in [1.82, 2.24) is 19.8 Å². The van der Waals surface area contributed by atoms with E-state index in [4.69, 9.17) is 11.6 Å². The Kier molecular flexibility index (Phi) is 5.70. The van der Waals surface area contributed by atoms with E-state index in [1.807, 2.05) is 58.3 Å². The molecule has 0 bridgehead atoms. The van der Waals surface area contributed by atoms with E-state index in [2.05, 4.69) is 16.9 Å². The fourth-order valence-corrected chi connectivity index (χ4v) is 5.71. The van der Waals surface area contributed by atoms with Gasteiger partial charge in [-0.25, -0.2) is 10.0 Å². The molecule has 5 rings (SSSR count). The van der Waals surface area contributed by atoms with Crippen LogP contribution in [-0.4, -0.2) is 70.9 Å². The molecule has 0 radical (unpaired) electrons. The van der Waals surface area contributed by atoms with Gasteiger partial charge in [0.1, 0.15) is 0 Å². The Balaban J connectivity index is 1.57. The van der Waals surface area contributed by atoms with Gasteiger partial charge in [-0.1, -0.05) is 48.9 Å². The van der Waals surface area contributed by atoms with E-state index in [0.717, 1.165) is 37.2 Å². The Labute approximate surface area is 194 Å². The van der Waals surface area contributed by atoms with Gasteiger partial charge >= 0.3 is 0 Å². The minimum Gasteiger partial charge on any atom is -0.309 e. The van der Waals surface area contributed by atoms with Gasteiger partial charge in [-0.05, 0) is 37.5 Å². The van der Waals surface area contributed by atoms with Crippen molar-refractivity contribution in [2.24, 2.45) is 0 Å². The van der Waals surface area contributed by atoms with Crippen molar-refractivity contribution < 1.29 is 9.59 Å². The molecule has 1 unspecified atom stereocenters. The molecule has 0 aliphatic carbocycles. The van der Waals surface area contributed by atoms with Crippen LogP contribution in [-0.2, 0) is 10.5 Å². The van der Waals surface area contributed by atoms with Gasteiger partial charge in [0, 0.05) is 54.4 Å². The predicted molar refractivity (Wildman–Crippen MR) is 124 cm³/mol. The van der Waals surface area contributed by atoms with Crippen molar-refractivity contribution in [2.75, 3.05) is 39.3 Å². The topological polar surface area (TPSA) is 47.1 Å². The molecule has 3 aliphatic heterocycles. The number of amides is 2. The number of rotatable bonds is 6. The number of nitrogens with zero attached hydrogens (tertiary/aromatic N) is 4. The molecule has 2 saturated heterocycles. The first-order valence-electron chi connectivity index (χ1n) is 11.5. The van der Waals surface area contributed by atoms with Crippen LogP contribution in [0.3, 0.4) is 0 Å². The fourth-order valence-electron chi connectivity index (χ4n) is 5.59. The lowest BCUT2D eigenvalue weighted by Crippen LogP contribution is -2.55. The molecule has 2 fully saturated rings. The highest BCUT2D eigenvalue weighted by Gasteiger charge is 2.59. The van der Waals surface area contributed by atoms with Crippen LogP contribution in [0.1, 0.15) is 47.7 Å². The van der Waals surface area contributed by atoms with Gasteiger partial charge in [-0.2, -0.15) is 0 Å². The maximum Gasteiger partial charge on any atom is 0.256 e. The second kappa shape index (κ2) is 8.50. The number of hydrazine groups is 1. The normalized spacial score (nSPS) is 22.7. The van der Waals surface area contributed by atoms with Gasteiger partial charge in [0.05, 0.1) is 6.54 Å². The molecule has 0 saturated carbocycles. The molecular formula is C25H29ClN4O2. The minimum atomic E-state index is -0.918. The predicted octanol–water partition coefficient (Wildman–Crippen LogP) is 3.56. The molecule has 168 valence electrons. The van der Waals surface area contributed by atoms with E-state index in [-0.39, 0.29) is 11.8 Å². The van der Waals surface area contributed by atoms with Gasteiger partial charge in [0.2, 0.25) is 5.91 Å². The lowest BCUT2D eigenvalue weighted by molar-refractivity contribution is -0.142. The van der Waals surface area contributed by atoms with E-state index in [0.29, 0.717) is 30.2 Å². The zero-order valence-corrected chi connectivity index (χ0v) is 19.2. The third-order valence-corrected chi connectivity index (χ3v) is 7.19. The molecular weight excluding hydrogens is 424 g/mol. The van der Waals surface area contributed by atoms with Crippen molar-refractivity contribution >= 4 is 23.4 Å². The van der Waals surface area contributed by atoms with Crippen LogP contribution >= 0.6 is 11.6 Å². The van der Waals surface area contributed by atoms with E-state index in [1.165, 1.54) is 12.8 Å². The first-order valence-corrected chi connectivity index (χ1v) is 11.9. The molecule has 2 amide bonds. The lowest BCUT2D eigenvalue weighted by atomic mass is 9.90. The maximum atomic E-state index is 13.9. The summed E-state index contributed by atoms with van der Waals surface area (Å²) in [5, 5.41) is 5.15. The minimum absolute atomic E-state index is 0.0178. The molecule has 1 atom stereocenters. The van der Waals surface area contributed by atoms with E-state index < -0.39 is 5.66 Å². The average molecular weight is 453 g/mol. The number of hydrogen-bond acceptors (Lipinski definition) is 4. The molecule has 6 nitrogen and oxygen atoms in total. The van der Waals surface area contributed by atoms with E-state index in [9.17, 15) is 9.59 Å². The number of fused-ring (bicyclic) bond motifs is 3. The Morgan fingerprint density at radius 3 is 2.47 bits per heavy atom. The zero-order chi connectivity index (χ0) is 22.3. The monoisotopic (exact) mass is 452 g/mol. The average Bonchev–Trinajstić information content (AvgIpc) is 3.52. The first-order chi connectivity index (χ1) is 15.6. The van der Waals surface area contributed by atoms with Crippen molar-refractivity contribution in [2.45, 2.75) is 31.8 Å². The summed E-state index contributed by atoms with van der Waals surface area (Å²) >= 11 is 6.19. The summed E-state index contributed by atoms with van der Waals surface area (Å²) in [6.45, 7) is 6.36. The van der Waals surface area contributed by atoms with Gasteiger partial charge in [0.15, 0.2) is 5.66 Å². The Morgan fingerprint density at radius 2 is 1.75 bits per heavy atom. The standard InChI is InChI=1S/C25H29ClN4O2/c1-2-13-28(27-14-5-6-15-27)18-23(31)29-16-17-30-24(32)21-7-3-4-8-22(21)25(29,30)19-9-11-20(26)12-10-19/h3-4,7-12H,2,5-6,13-18H2,1H3. The number of hydrogen-bond donors (Lipinski definition) is 0. The first kappa shape index (κ1) is 21.4. The third-order valence-electron chi connectivity index (χ3n) is 6.94. The van der Waals surface area contributed by atoms with Crippen LogP contribution in [0.5, 0.6) is 0 Å². The van der Waals surface area contributed by atoms with Gasteiger partial charge in [-0.3, -0.25) is 9.59 Å². The number of halogens is 1. The molecule has 3 heterocycles. The smallest absolute Gasteiger partial charge is 0.256 e. The summed E-state index contributed by atoms with van der Waals surface area (Å²) in [6.07, 6.45) is 3.32. The molecule has 2 aromatic carbocycles. The SMILES string of the molecule is CCCN(CC(=O)N1CCN2C(=O)c3ccccc3C12c1ccc(Cl)cc1)N1CCCC1. The quantitative estimate of drug-likeness (QED) is 0.672. The molecule has 32 heavy (non-hydrogen) atoms. The van der Waals surface area contributed by atoms with Crippen molar-refractivity contribution in [3.8, 4) is 0 Å². The summed E-state index contributed by atoms with van der Waals surface area (Å²) in [4.78, 5) is 31.0. The van der Waals surface area contributed by atoms with Crippen LogP contribution in [0, 0.1) is 0 Å². The third kappa shape index (κ3) is 3.24. The Morgan fingerprint density at radius 1 is 1.03 bits per heavy atom. The fraction of sp³-hybridized carbons (Fsp3) is 0.440. The van der Waals surface area contributed by atoms with E-state index >= 15 is 0 Å². The molecule has 0 N–H and O–H groups in total.